The summed E-state index contributed by atoms with van der Waals surface area (Å²) in [6.45, 7) is 7.49. The molecular weight excluding hydrogens is 562 g/mol. The number of unbranched alkanes of at least 4 members (excludes halogenated alkanes) is 17. The van der Waals surface area contributed by atoms with Crippen LogP contribution in [0.25, 0.3) is 0 Å². The highest BCUT2D eigenvalue weighted by atomic mass is 16.5. The zero-order chi connectivity index (χ0) is 33.6. The third-order valence-electron chi connectivity index (χ3n) is 8.41. The number of nitrogens with one attached hydrogen (secondary N) is 1. The van der Waals surface area contributed by atoms with Gasteiger partial charge in [-0.05, 0) is 116 Å². The second kappa shape index (κ2) is 37.4. The minimum Gasteiger partial charge on any atom is -0.462 e. The van der Waals surface area contributed by atoms with Gasteiger partial charge >= 0.3 is 5.97 Å². The van der Waals surface area contributed by atoms with E-state index in [9.17, 15) is 4.79 Å². The molecule has 0 rings (SSSR count). The number of allylic oxidation sites excluding steroid dienone is 5. The van der Waals surface area contributed by atoms with Crippen LogP contribution in [0.2, 0.25) is 0 Å². The summed E-state index contributed by atoms with van der Waals surface area (Å²) < 4.78 is 5.95. The molecule has 0 radical (unpaired) electrons. The summed E-state index contributed by atoms with van der Waals surface area (Å²) >= 11 is 0. The van der Waals surface area contributed by atoms with Crippen molar-refractivity contribution in [2.45, 2.75) is 194 Å². The Kier molecular flexibility index (Phi) is 35.8. The fourth-order valence-electron chi connectivity index (χ4n) is 5.45. The van der Waals surface area contributed by atoms with Crippen LogP contribution in [0.4, 0.5) is 0 Å². The molecule has 0 heterocycles. The lowest BCUT2D eigenvalue weighted by atomic mass is 10.0. The van der Waals surface area contributed by atoms with Crippen molar-refractivity contribution >= 4 is 5.97 Å². The third-order valence-corrected chi connectivity index (χ3v) is 8.41. The van der Waals surface area contributed by atoms with E-state index in [-0.39, 0.29) is 12.1 Å². The molecule has 264 valence electrons. The van der Waals surface area contributed by atoms with Crippen molar-refractivity contribution in [2.24, 2.45) is 5.92 Å². The van der Waals surface area contributed by atoms with Gasteiger partial charge in [0, 0.05) is 18.8 Å². The van der Waals surface area contributed by atoms with Crippen LogP contribution in [0.5, 0.6) is 0 Å². The lowest BCUT2D eigenvalue weighted by Gasteiger charge is -2.18. The fourth-order valence-corrected chi connectivity index (χ4v) is 5.45. The molecule has 0 saturated carbocycles. The van der Waals surface area contributed by atoms with E-state index in [1.54, 1.807) is 0 Å². The lowest BCUT2D eigenvalue weighted by molar-refractivity contribution is -0.150. The molecule has 0 aliphatic rings. The molecule has 0 aromatic rings. The van der Waals surface area contributed by atoms with Crippen LogP contribution in [0.15, 0.2) is 42.2 Å². The van der Waals surface area contributed by atoms with Crippen molar-refractivity contribution in [3.63, 3.8) is 0 Å². The Morgan fingerprint density at radius 2 is 1.28 bits per heavy atom. The van der Waals surface area contributed by atoms with Gasteiger partial charge in [0.15, 0.2) is 0 Å². The van der Waals surface area contributed by atoms with Gasteiger partial charge in [-0.15, -0.1) is 11.7 Å². The Hall–Kier alpha value is -2.01. The van der Waals surface area contributed by atoms with Gasteiger partial charge in [-0.3, -0.25) is 4.79 Å². The molecule has 0 aliphatic carbocycles. The summed E-state index contributed by atoms with van der Waals surface area (Å²) in [6.07, 6.45) is 44.2. The first kappa shape index (κ1) is 44.0. The summed E-state index contributed by atoms with van der Waals surface area (Å²) in [5.41, 5.74) is 3.28. The molecule has 1 N–H and O–H groups in total. The molecule has 0 bridgehead atoms. The summed E-state index contributed by atoms with van der Waals surface area (Å²) in [7, 11) is 1.93. The van der Waals surface area contributed by atoms with Crippen LogP contribution in [0.1, 0.15) is 188 Å². The molecular formula is C43H75NO2. The Morgan fingerprint density at radius 1 is 0.696 bits per heavy atom. The van der Waals surface area contributed by atoms with Gasteiger partial charge in [-0.1, -0.05) is 115 Å². The number of carbonyl (C=O) groups excluding carboxylic acids is 1. The molecule has 2 unspecified atom stereocenters. The molecule has 0 aromatic heterocycles. The molecule has 0 aliphatic heterocycles. The molecule has 0 spiro atoms. The maximum atomic E-state index is 12.4. The summed E-state index contributed by atoms with van der Waals surface area (Å²) in [6, 6.07) is 0. The maximum absolute atomic E-state index is 12.4. The van der Waals surface area contributed by atoms with Crippen molar-refractivity contribution in [2.75, 3.05) is 13.6 Å². The monoisotopic (exact) mass is 638 g/mol. The normalized spacial score (nSPS) is 12.5. The Morgan fingerprint density at radius 3 is 1.91 bits per heavy atom. The SMILES string of the molecule is CCCCC=C=CC(C)C#CCCCCCCCCC(CCCCCCCC/C=C\C/C=C\CCCCC)OC(=O)CCCNC. The maximum Gasteiger partial charge on any atom is 0.306 e. The molecule has 3 nitrogen and oxygen atoms in total. The predicted molar refractivity (Wildman–Crippen MR) is 203 cm³/mol. The van der Waals surface area contributed by atoms with Gasteiger partial charge < -0.3 is 10.1 Å². The molecule has 0 fully saturated rings. The van der Waals surface area contributed by atoms with Crippen molar-refractivity contribution in [3.05, 3.63) is 42.2 Å². The summed E-state index contributed by atoms with van der Waals surface area (Å²) in [4.78, 5) is 12.4. The Bertz CT molecular complexity index is 839. The molecule has 3 heteroatoms. The number of esters is 1. The minimum atomic E-state index is -0.0151. The predicted octanol–water partition coefficient (Wildman–Crippen LogP) is 12.8. The standard InChI is InChI=1S/C43H75NO2/c1-5-7-9-11-12-13-14-15-16-17-18-19-20-24-28-32-37-42(46-43(45)39-34-40-44-4)38-33-29-25-22-21-23-27-31-36-41(3)35-30-26-10-8-6-2/h12-13,15-16,26,35,41-42,44H,5-11,14,17-25,27-29,32-34,37-40H2,1-4H3/b13-12-,16-15-. The minimum absolute atomic E-state index is 0.0151. The highest BCUT2D eigenvalue weighted by Crippen LogP contribution is 2.18. The largest absolute Gasteiger partial charge is 0.462 e. The number of hydrogen-bond acceptors (Lipinski definition) is 3. The van der Waals surface area contributed by atoms with Gasteiger partial charge in [0.1, 0.15) is 6.10 Å². The van der Waals surface area contributed by atoms with Crippen LogP contribution in [-0.2, 0) is 9.53 Å². The van der Waals surface area contributed by atoms with E-state index in [0.29, 0.717) is 12.3 Å². The number of ether oxygens (including phenoxy) is 1. The number of hydrogen-bond donors (Lipinski definition) is 1. The van der Waals surface area contributed by atoms with Gasteiger partial charge in [-0.25, -0.2) is 0 Å². The average Bonchev–Trinajstić information content (AvgIpc) is 3.05. The zero-order valence-electron chi connectivity index (χ0n) is 31.0. The van der Waals surface area contributed by atoms with E-state index in [4.69, 9.17) is 4.74 Å². The molecule has 0 aromatic carbocycles. The van der Waals surface area contributed by atoms with Crippen molar-refractivity contribution in [1.29, 1.82) is 0 Å². The van der Waals surface area contributed by atoms with E-state index in [2.05, 4.69) is 80.1 Å². The van der Waals surface area contributed by atoms with Gasteiger partial charge in [-0.2, -0.15) is 0 Å². The molecule has 2 atom stereocenters. The molecule has 0 amide bonds. The van der Waals surface area contributed by atoms with Gasteiger partial charge in [0.05, 0.1) is 0 Å². The second-order valence-electron chi connectivity index (χ2n) is 13.1. The van der Waals surface area contributed by atoms with Gasteiger partial charge in [0.25, 0.3) is 0 Å². The summed E-state index contributed by atoms with van der Waals surface area (Å²) in [5.74, 6) is 6.97. The topological polar surface area (TPSA) is 38.3 Å². The van der Waals surface area contributed by atoms with E-state index in [0.717, 1.165) is 51.5 Å². The van der Waals surface area contributed by atoms with E-state index < -0.39 is 0 Å². The van der Waals surface area contributed by atoms with Crippen molar-refractivity contribution in [1.82, 2.24) is 5.32 Å². The van der Waals surface area contributed by atoms with Crippen LogP contribution in [-0.4, -0.2) is 25.7 Å². The fraction of sp³-hybridized carbons (Fsp3) is 0.767. The third kappa shape index (κ3) is 34.9. The van der Waals surface area contributed by atoms with Crippen LogP contribution >= 0.6 is 0 Å². The first-order chi connectivity index (χ1) is 22.6. The van der Waals surface area contributed by atoms with Gasteiger partial charge in [0.2, 0.25) is 0 Å². The van der Waals surface area contributed by atoms with E-state index in [1.807, 2.05) is 7.05 Å². The first-order valence-electron chi connectivity index (χ1n) is 19.7. The first-order valence-corrected chi connectivity index (χ1v) is 19.7. The molecule has 46 heavy (non-hydrogen) atoms. The second-order valence-corrected chi connectivity index (χ2v) is 13.1. The lowest BCUT2D eigenvalue weighted by Crippen LogP contribution is -2.19. The summed E-state index contributed by atoms with van der Waals surface area (Å²) in [5, 5.41) is 3.12. The highest BCUT2D eigenvalue weighted by Gasteiger charge is 2.14. The zero-order valence-corrected chi connectivity index (χ0v) is 31.0. The molecule has 0 saturated heterocycles. The van der Waals surface area contributed by atoms with Crippen LogP contribution < -0.4 is 5.32 Å². The quantitative estimate of drug-likeness (QED) is 0.0262. The van der Waals surface area contributed by atoms with Crippen molar-refractivity contribution in [3.8, 4) is 11.8 Å². The van der Waals surface area contributed by atoms with E-state index >= 15 is 0 Å². The Labute approximate surface area is 287 Å². The van der Waals surface area contributed by atoms with Crippen molar-refractivity contribution < 1.29 is 9.53 Å². The van der Waals surface area contributed by atoms with E-state index in [1.165, 1.54) is 116 Å². The number of rotatable bonds is 32. The number of carbonyl (C=O) groups is 1. The highest BCUT2D eigenvalue weighted by molar-refractivity contribution is 5.69. The van der Waals surface area contributed by atoms with Crippen LogP contribution in [0, 0.1) is 17.8 Å². The smallest absolute Gasteiger partial charge is 0.306 e. The Balaban J connectivity index is 4.06. The average molecular weight is 638 g/mol. The van der Waals surface area contributed by atoms with Crippen LogP contribution in [0.3, 0.4) is 0 Å².